The minimum Gasteiger partial charge on any atom is -0.507 e. The van der Waals surface area contributed by atoms with Gasteiger partial charge in [0.25, 0.3) is 5.91 Å². The Labute approximate surface area is 151 Å². The predicted octanol–water partition coefficient (Wildman–Crippen LogP) is 5.01. The molecule has 0 radical (unpaired) electrons. The van der Waals surface area contributed by atoms with E-state index < -0.39 is 5.91 Å². The summed E-state index contributed by atoms with van der Waals surface area (Å²) in [5.41, 5.74) is 0.786. The van der Waals surface area contributed by atoms with Gasteiger partial charge in [0, 0.05) is 5.02 Å². The summed E-state index contributed by atoms with van der Waals surface area (Å²) in [5.74, 6) is -0.545. The standard InChI is InChI=1S/C16H9BrCl2N2O2/c17-12-6-9(1-4-15(12)22)5-10(8-20)16(23)21-14-7-11(18)2-3-13(14)19/h1-7,22H,(H,21,23)/b10-5+. The highest BCUT2D eigenvalue weighted by molar-refractivity contribution is 9.10. The first kappa shape index (κ1) is 17.4. The number of phenolic OH excluding ortho intramolecular Hbond substituents is 1. The van der Waals surface area contributed by atoms with E-state index in [0.717, 1.165) is 0 Å². The number of nitrogens with zero attached hydrogens (tertiary/aromatic N) is 1. The van der Waals surface area contributed by atoms with E-state index in [1.54, 1.807) is 24.3 Å². The predicted molar refractivity (Wildman–Crippen MR) is 94.5 cm³/mol. The minimum absolute atomic E-state index is 0.0656. The van der Waals surface area contributed by atoms with E-state index in [1.807, 2.05) is 6.07 Å². The molecule has 23 heavy (non-hydrogen) atoms. The van der Waals surface area contributed by atoms with Crippen LogP contribution >= 0.6 is 39.1 Å². The van der Waals surface area contributed by atoms with Crippen molar-refractivity contribution in [1.29, 1.82) is 5.26 Å². The molecule has 7 heteroatoms. The summed E-state index contributed by atoms with van der Waals surface area (Å²) in [6.45, 7) is 0. The van der Waals surface area contributed by atoms with Crippen LogP contribution in [0.15, 0.2) is 46.4 Å². The van der Waals surface area contributed by atoms with Gasteiger partial charge in [-0.2, -0.15) is 5.26 Å². The fourth-order valence-corrected chi connectivity index (χ4v) is 2.44. The van der Waals surface area contributed by atoms with Crippen molar-refractivity contribution in [2.75, 3.05) is 5.32 Å². The number of halogens is 3. The molecule has 0 aromatic heterocycles. The van der Waals surface area contributed by atoms with Gasteiger partial charge < -0.3 is 10.4 Å². The van der Waals surface area contributed by atoms with Crippen molar-refractivity contribution in [3.05, 3.63) is 62.1 Å². The quantitative estimate of drug-likeness (QED) is 0.550. The van der Waals surface area contributed by atoms with Gasteiger partial charge in [-0.05, 0) is 57.9 Å². The van der Waals surface area contributed by atoms with E-state index in [1.165, 1.54) is 18.2 Å². The van der Waals surface area contributed by atoms with Crippen molar-refractivity contribution in [3.8, 4) is 11.8 Å². The van der Waals surface area contributed by atoms with Gasteiger partial charge in [-0.15, -0.1) is 0 Å². The van der Waals surface area contributed by atoms with Crippen molar-refractivity contribution in [3.63, 3.8) is 0 Å². The van der Waals surface area contributed by atoms with Crippen LogP contribution in [0.4, 0.5) is 5.69 Å². The molecule has 116 valence electrons. The van der Waals surface area contributed by atoms with Crippen molar-refractivity contribution >= 4 is 56.8 Å². The number of anilines is 1. The van der Waals surface area contributed by atoms with Crippen LogP contribution < -0.4 is 5.32 Å². The van der Waals surface area contributed by atoms with Crippen LogP contribution in [0.5, 0.6) is 5.75 Å². The average molecular weight is 412 g/mol. The van der Waals surface area contributed by atoms with E-state index in [-0.39, 0.29) is 11.3 Å². The Balaban J connectivity index is 2.28. The van der Waals surface area contributed by atoms with Crippen LogP contribution in [0.1, 0.15) is 5.56 Å². The zero-order valence-corrected chi connectivity index (χ0v) is 14.6. The summed E-state index contributed by atoms with van der Waals surface area (Å²) in [4.78, 5) is 12.2. The van der Waals surface area contributed by atoms with Gasteiger partial charge in [-0.1, -0.05) is 29.3 Å². The van der Waals surface area contributed by atoms with Crippen molar-refractivity contribution in [2.45, 2.75) is 0 Å². The summed E-state index contributed by atoms with van der Waals surface area (Å²) >= 11 is 15.0. The molecule has 0 heterocycles. The molecule has 1 amide bonds. The zero-order valence-electron chi connectivity index (χ0n) is 11.5. The Hall–Kier alpha value is -2.00. The van der Waals surface area contributed by atoms with Crippen LogP contribution in [-0.4, -0.2) is 11.0 Å². The number of hydrogen-bond acceptors (Lipinski definition) is 3. The second-order valence-electron chi connectivity index (χ2n) is 4.46. The van der Waals surface area contributed by atoms with Crippen molar-refractivity contribution < 1.29 is 9.90 Å². The highest BCUT2D eigenvalue weighted by Crippen LogP contribution is 2.27. The lowest BCUT2D eigenvalue weighted by Gasteiger charge is -2.07. The fraction of sp³-hybridized carbons (Fsp3) is 0. The third-order valence-corrected chi connectivity index (χ3v) is 4.02. The number of rotatable bonds is 3. The lowest BCUT2D eigenvalue weighted by molar-refractivity contribution is -0.112. The Morgan fingerprint density at radius 1 is 1.26 bits per heavy atom. The number of carbonyl (C=O) groups excluding carboxylic acids is 1. The monoisotopic (exact) mass is 410 g/mol. The number of benzene rings is 2. The number of phenols is 1. The second kappa shape index (κ2) is 7.51. The lowest BCUT2D eigenvalue weighted by atomic mass is 10.1. The lowest BCUT2D eigenvalue weighted by Crippen LogP contribution is -2.13. The summed E-state index contributed by atoms with van der Waals surface area (Å²) in [6, 6.07) is 11.1. The number of amides is 1. The highest BCUT2D eigenvalue weighted by atomic mass is 79.9. The fourth-order valence-electron chi connectivity index (χ4n) is 1.71. The molecule has 4 nitrogen and oxygen atoms in total. The van der Waals surface area contributed by atoms with Gasteiger partial charge in [0.15, 0.2) is 0 Å². The summed E-state index contributed by atoms with van der Waals surface area (Å²) in [7, 11) is 0. The molecule has 0 aliphatic carbocycles. The third kappa shape index (κ3) is 4.49. The van der Waals surface area contributed by atoms with Gasteiger partial charge in [0.2, 0.25) is 0 Å². The molecule has 2 N–H and O–H groups in total. The Bertz CT molecular complexity index is 844. The first-order valence-electron chi connectivity index (χ1n) is 6.27. The molecular weight excluding hydrogens is 403 g/mol. The molecular formula is C16H9BrCl2N2O2. The summed E-state index contributed by atoms with van der Waals surface area (Å²) in [5, 5.41) is 21.9. The van der Waals surface area contributed by atoms with Gasteiger partial charge in [0.1, 0.15) is 17.4 Å². The van der Waals surface area contributed by atoms with Crippen LogP contribution in [0.2, 0.25) is 10.0 Å². The molecule has 0 unspecified atom stereocenters. The van der Waals surface area contributed by atoms with E-state index in [2.05, 4.69) is 21.2 Å². The molecule has 2 aromatic rings. The topological polar surface area (TPSA) is 73.1 Å². The number of carbonyl (C=O) groups is 1. The molecule has 2 aromatic carbocycles. The van der Waals surface area contributed by atoms with E-state index in [9.17, 15) is 15.2 Å². The van der Waals surface area contributed by atoms with E-state index in [0.29, 0.717) is 25.8 Å². The molecule has 0 bridgehead atoms. The van der Waals surface area contributed by atoms with Gasteiger partial charge >= 0.3 is 0 Å². The molecule has 0 atom stereocenters. The Morgan fingerprint density at radius 3 is 2.65 bits per heavy atom. The molecule has 0 spiro atoms. The van der Waals surface area contributed by atoms with Crippen LogP contribution in [-0.2, 0) is 4.79 Å². The number of hydrogen-bond donors (Lipinski definition) is 2. The van der Waals surface area contributed by atoms with Crippen LogP contribution in [0, 0.1) is 11.3 Å². The number of nitriles is 1. The maximum atomic E-state index is 12.2. The molecule has 0 saturated carbocycles. The largest absolute Gasteiger partial charge is 0.507 e. The van der Waals surface area contributed by atoms with E-state index >= 15 is 0 Å². The first-order valence-corrected chi connectivity index (χ1v) is 7.82. The van der Waals surface area contributed by atoms with Crippen molar-refractivity contribution in [1.82, 2.24) is 0 Å². The Kier molecular flexibility index (Phi) is 5.67. The van der Waals surface area contributed by atoms with Crippen molar-refractivity contribution in [2.24, 2.45) is 0 Å². The number of nitrogens with one attached hydrogen (secondary N) is 1. The van der Waals surface area contributed by atoms with Gasteiger partial charge in [-0.25, -0.2) is 0 Å². The van der Waals surface area contributed by atoms with Crippen LogP contribution in [0.3, 0.4) is 0 Å². The smallest absolute Gasteiger partial charge is 0.266 e. The maximum Gasteiger partial charge on any atom is 0.266 e. The Morgan fingerprint density at radius 2 is 2.00 bits per heavy atom. The average Bonchev–Trinajstić information content (AvgIpc) is 2.51. The number of aromatic hydroxyl groups is 1. The maximum absolute atomic E-state index is 12.2. The van der Waals surface area contributed by atoms with Gasteiger partial charge in [-0.3, -0.25) is 4.79 Å². The third-order valence-electron chi connectivity index (χ3n) is 2.82. The summed E-state index contributed by atoms with van der Waals surface area (Å²) in [6.07, 6.45) is 1.40. The molecule has 0 fully saturated rings. The van der Waals surface area contributed by atoms with E-state index in [4.69, 9.17) is 23.2 Å². The normalized spacial score (nSPS) is 11.0. The molecule has 0 aliphatic rings. The zero-order chi connectivity index (χ0) is 17.0. The van der Waals surface area contributed by atoms with Crippen LogP contribution in [0.25, 0.3) is 6.08 Å². The first-order chi connectivity index (χ1) is 10.9. The molecule has 0 aliphatic heterocycles. The van der Waals surface area contributed by atoms with Gasteiger partial charge in [0.05, 0.1) is 15.2 Å². The molecule has 0 saturated heterocycles. The SMILES string of the molecule is N#C/C(=C\c1ccc(O)c(Br)c1)C(=O)Nc1cc(Cl)ccc1Cl. The summed E-state index contributed by atoms with van der Waals surface area (Å²) < 4.78 is 0.460. The highest BCUT2D eigenvalue weighted by Gasteiger charge is 2.12. The minimum atomic E-state index is -0.610. The second-order valence-corrected chi connectivity index (χ2v) is 6.16. The molecule has 2 rings (SSSR count).